The molecule has 0 bridgehead atoms. The van der Waals surface area contributed by atoms with Crippen LogP contribution in [-0.2, 0) is 11.2 Å². The number of aliphatic carboxylic acids is 1. The summed E-state index contributed by atoms with van der Waals surface area (Å²) in [6.07, 6.45) is 1.95. The number of aliphatic hydroxyl groups is 1. The average molecular weight is 265 g/mol. The molecule has 0 heterocycles. The van der Waals surface area contributed by atoms with Crippen LogP contribution in [0.15, 0.2) is 30.3 Å². The van der Waals surface area contributed by atoms with Crippen LogP contribution in [-0.4, -0.2) is 47.3 Å². The van der Waals surface area contributed by atoms with Crippen LogP contribution in [0.25, 0.3) is 0 Å². The number of rotatable bonds is 9. The van der Waals surface area contributed by atoms with E-state index in [0.717, 1.165) is 19.4 Å². The Morgan fingerprint density at radius 3 is 2.53 bits per heavy atom. The van der Waals surface area contributed by atoms with Crippen LogP contribution in [0.4, 0.5) is 0 Å². The third-order valence-electron chi connectivity index (χ3n) is 3.15. The zero-order chi connectivity index (χ0) is 14.1. The number of benzene rings is 1. The quantitative estimate of drug-likeness (QED) is 0.712. The maximum absolute atomic E-state index is 10.8. The summed E-state index contributed by atoms with van der Waals surface area (Å²) >= 11 is 0. The minimum atomic E-state index is -0.786. The topological polar surface area (TPSA) is 60.8 Å². The molecule has 0 radical (unpaired) electrons. The molecule has 0 amide bonds. The average Bonchev–Trinajstić information content (AvgIpc) is 2.40. The van der Waals surface area contributed by atoms with E-state index in [1.807, 2.05) is 23.1 Å². The summed E-state index contributed by atoms with van der Waals surface area (Å²) in [4.78, 5) is 12.9. The number of nitrogens with zero attached hydrogens (tertiary/aromatic N) is 1. The van der Waals surface area contributed by atoms with Crippen molar-refractivity contribution in [2.75, 3.05) is 26.2 Å². The van der Waals surface area contributed by atoms with Crippen molar-refractivity contribution in [3.63, 3.8) is 0 Å². The van der Waals surface area contributed by atoms with Gasteiger partial charge in [0.15, 0.2) is 0 Å². The molecule has 0 spiro atoms. The Morgan fingerprint density at radius 1 is 1.26 bits per heavy atom. The lowest BCUT2D eigenvalue weighted by Crippen LogP contribution is -2.34. The monoisotopic (exact) mass is 265 g/mol. The van der Waals surface area contributed by atoms with E-state index < -0.39 is 11.9 Å². The lowest BCUT2D eigenvalue weighted by Gasteiger charge is -2.23. The molecule has 0 saturated heterocycles. The Balaban J connectivity index is 2.35. The lowest BCUT2D eigenvalue weighted by atomic mass is 10.1. The molecule has 1 aromatic rings. The minimum Gasteiger partial charge on any atom is -0.481 e. The molecule has 0 aromatic heterocycles. The van der Waals surface area contributed by atoms with Gasteiger partial charge in [-0.05, 0) is 24.9 Å². The van der Waals surface area contributed by atoms with Gasteiger partial charge in [0.25, 0.3) is 0 Å². The second-order valence-corrected chi connectivity index (χ2v) is 4.85. The molecule has 0 aliphatic carbocycles. The Kier molecular flexibility index (Phi) is 7.15. The number of aryl methyl sites for hydroxylation is 1. The van der Waals surface area contributed by atoms with Crippen molar-refractivity contribution in [3.05, 3.63) is 35.9 Å². The lowest BCUT2D eigenvalue weighted by molar-refractivity contribution is -0.141. The highest BCUT2D eigenvalue weighted by Crippen LogP contribution is 2.06. The second kappa shape index (κ2) is 8.67. The number of aliphatic hydroxyl groups excluding tert-OH is 1. The first-order valence-electron chi connectivity index (χ1n) is 6.73. The van der Waals surface area contributed by atoms with Gasteiger partial charge in [0.05, 0.1) is 12.5 Å². The van der Waals surface area contributed by atoms with E-state index in [1.165, 1.54) is 5.56 Å². The molecular weight excluding hydrogens is 242 g/mol. The largest absolute Gasteiger partial charge is 0.481 e. The zero-order valence-electron chi connectivity index (χ0n) is 11.5. The van der Waals surface area contributed by atoms with Crippen LogP contribution in [0.1, 0.15) is 18.9 Å². The number of carbonyl (C=O) groups is 1. The summed E-state index contributed by atoms with van der Waals surface area (Å²) in [6, 6.07) is 10.2. The first kappa shape index (κ1) is 15.7. The smallest absolute Gasteiger partial charge is 0.307 e. The van der Waals surface area contributed by atoms with Gasteiger partial charge in [-0.1, -0.05) is 37.3 Å². The van der Waals surface area contributed by atoms with Gasteiger partial charge in [0.2, 0.25) is 0 Å². The standard InChI is InChI=1S/C15H23NO3/c1-13(15(18)19)12-16(10-11-17)9-5-8-14-6-3-2-4-7-14/h2-4,6-7,13,17H,5,8-12H2,1H3,(H,18,19). The Labute approximate surface area is 114 Å². The Hall–Kier alpha value is -1.39. The van der Waals surface area contributed by atoms with E-state index in [2.05, 4.69) is 12.1 Å². The molecule has 1 aromatic carbocycles. The van der Waals surface area contributed by atoms with Gasteiger partial charge in [-0.3, -0.25) is 4.79 Å². The Morgan fingerprint density at radius 2 is 1.95 bits per heavy atom. The van der Waals surface area contributed by atoms with Crippen molar-refractivity contribution in [2.24, 2.45) is 5.92 Å². The summed E-state index contributed by atoms with van der Waals surface area (Å²) in [5.41, 5.74) is 1.29. The van der Waals surface area contributed by atoms with Crippen molar-refractivity contribution in [1.29, 1.82) is 0 Å². The highest BCUT2D eigenvalue weighted by molar-refractivity contribution is 5.69. The highest BCUT2D eigenvalue weighted by Gasteiger charge is 2.15. The summed E-state index contributed by atoms with van der Waals surface area (Å²) in [5.74, 6) is -1.19. The van der Waals surface area contributed by atoms with Crippen LogP contribution in [0.5, 0.6) is 0 Å². The van der Waals surface area contributed by atoms with E-state index in [9.17, 15) is 4.79 Å². The maximum Gasteiger partial charge on any atom is 0.307 e. The van der Waals surface area contributed by atoms with Gasteiger partial charge in [-0.15, -0.1) is 0 Å². The van der Waals surface area contributed by atoms with E-state index in [-0.39, 0.29) is 6.61 Å². The molecule has 106 valence electrons. The van der Waals surface area contributed by atoms with Crippen LogP contribution < -0.4 is 0 Å². The van der Waals surface area contributed by atoms with Crippen molar-refractivity contribution >= 4 is 5.97 Å². The Bertz CT molecular complexity index is 367. The zero-order valence-corrected chi connectivity index (χ0v) is 11.5. The fourth-order valence-corrected chi connectivity index (χ4v) is 2.05. The molecule has 0 aliphatic heterocycles. The molecule has 0 saturated carbocycles. The van der Waals surface area contributed by atoms with Gasteiger partial charge in [-0.25, -0.2) is 0 Å². The fourth-order valence-electron chi connectivity index (χ4n) is 2.05. The molecule has 1 atom stereocenters. The summed E-state index contributed by atoms with van der Waals surface area (Å²) in [5, 5.41) is 17.9. The van der Waals surface area contributed by atoms with Gasteiger partial charge in [0, 0.05) is 13.1 Å². The predicted molar refractivity (Wildman–Crippen MR) is 75.1 cm³/mol. The van der Waals surface area contributed by atoms with Crippen LogP contribution in [0.3, 0.4) is 0 Å². The summed E-state index contributed by atoms with van der Waals surface area (Å²) in [7, 11) is 0. The minimum absolute atomic E-state index is 0.0671. The van der Waals surface area contributed by atoms with E-state index in [0.29, 0.717) is 13.1 Å². The first-order chi connectivity index (χ1) is 9.13. The van der Waals surface area contributed by atoms with E-state index in [4.69, 9.17) is 10.2 Å². The van der Waals surface area contributed by atoms with Crippen molar-refractivity contribution in [3.8, 4) is 0 Å². The normalized spacial score (nSPS) is 12.6. The molecule has 2 N–H and O–H groups in total. The summed E-state index contributed by atoms with van der Waals surface area (Å²) in [6.45, 7) is 3.60. The number of hydrogen-bond acceptors (Lipinski definition) is 3. The maximum atomic E-state index is 10.8. The highest BCUT2D eigenvalue weighted by atomic mass is 16.4. The number of carboxylic acid groups (broad SMARTS) is 1. The van der Waals surface area contributed by atoms with E-state index >= 15 is 0 Å². The molecule has 1 unspecified atom stereocenters. The van der Waals surface area contributed by atoms with Crippen molar-refractivity contribution in [2.45, 2.75) is 19.8 Å². The molecule has 1 rings (SSSR count). The molecule has 19 heavy (non-hydrogen) atoms. The van der Waals surface area contributed by atoms with E-state index in [1.54, 1.807) is 6.92 Å². The van der Waals surface area contributed by atoms with Gasteiger partial charge < -0.3 is 15.1 Å². The van der Waals surface area contributed by atoms with Crippen LogP contribution in [0, 0.1) is 5.92 Å². The third kappa shape index (κ3) is 6.36. The van der Waals surface area contributed by atoms with Gasteiger partial charge in [0.1, 0.15) is 0 Å². The van der Waals surface area contributed by atoms with Crippen LogP contribution >= 0.6 is 0 Å². The van der Waals surface area contributed by atoms with Gasteiger partial charge in [-0.2, -0.15) is 0 Å². The number of carboxylic acids is 1. The molecular formula is C15H23NO3. The SMILES string of the molecule is CC(CN(CCO)CCCc1ccccc1)C(=O)O. The summed E-state index contributed by atoms with van der Waals surface area (Å²) < 4.78 is 0. The first-order valence-corrected chi connectivity index (χ1v) is 6.73. The van der Waals surface area contributed by atoms with Gasteiger partial charge >= 0.3 is 5.97 Å². The third-order valence-corrected chi connectivity index (χ3v) is 3.15. The molecule has 4 nitrogen and oxygen atoms in total. The van der Waals surface area contributed by atoms with Crippen molar-refractivity contribution < 1.29 is 15.0 Å². The number of hydrogen-bond donors (Lipinski definition) is 2. The second-order valence-electron chi connectivity index (χ2n) is 4.85. The molecule has 0 fully saturated rings. The molecule has 0 aliphatic rings. The molecule has 4 heteroatoms. The predicted octanol–water partition coefficient (Wildman–Crippen LogP) is 1.63. The fraction of sp³-hybridized carbons (Fsp3) is 0.533. The van der Waals surface area contributed by atoms with Crippen molar-refractivity contribution in [1.82, 2.24) is 4.90 Å². The van der Waals surface area contributed by atoms with Crippen LogP contribution in [0.2, 0.25) is 0 Å².